The summed E-state index contributed by atoms with van der Waals surface area (Å²) in [6, 6.07) is 2.85. The number of hydrazone groups is 1. The highest BCUT2D eigenvalue weighted by atomic mass is 16.6. The maximum absolute atomic E-state index is 10.3. The summed E-state index contributed by atoms with van der Waals surface area (Å²) in [6.07, 6.45) is 6.31. The van der Waals surface area contributed by atoms with Gasteiger partial charge in [0.05, 0.1) is 4.92 Å². The third kappa shape index (κ3) is 3.55. The van der Waals surface area contributed by atoms with Crippen molar-refractivity contribution in [2.75, 3.05) is 5.43 Å². The maximum Gasteiger partial charge on any atom is 0.287 e. The van der Waals surface area contributed by atoms with Gasteiger partial charge in [0.2, 0.25) is 0 Å². The molecule has 1 aromatic heterocycles. The molecular formula is C9H10N4O2. The lowest BCUT2D eigenvalue weighted by atomic mass is 10.4. The van der Waals surface area contributed by atoms with Crippen LogP contribution in [0.15, 0.2) is 35.6 Å². The lowest BCUT2D eigenvalue weighted by Crippen LogP contribution is -1.93. The van der Waals surface area contributed by atoms with Crippen LogP contribution < -0.4 is 5.43 Å². The number of hydrogen-bond donors (Lipinski definition) is 1. The largest absolute Gasteiger partial charge is 0.287 e. The van der Waals surface area contributed by atoms with E-state index in [-0.39, 0.29) is 5.69 Å². The third-order valence-electron chi connectivity index (χ3n) is 1.49. The Morgan fingerprint density at radius 3 is 2.93 bits per heavy atom. The van der Waals surface area contributed by atoms with E-state index in [4.69, 9.17) is 0 Å². The Hall–Kier alpha value is -2.24. The van der Waals surface area contributed by atoms with Crippen molar-refractivity contribution in [1.29, 1.82) is 0 Å². The zero-order chi connectivity index (χ0) is 11.1. The van der Waals surface area contributed by atoms with Crippen LogP contribution in [0, 0.1) is 10.1 Å². The van der Waals surface area contributed by atoms with Crippen molar-refractivity contribution in [1.82, 2.24) is 4.98 Å². The van der Waals surface area contributed by atoms with E-state index in [0.717, 1.165) is 0 Å². The first-order valence-corrected chi connectivity index (χ1v) is 4.25. The fourth-order valence-corrected chi connectivity index (χ4v) is 0.793. The smallest absolute Gasteiger partial charge is 0.261 e. The van der Waals surface area contributed by atoms with E-state index in [1.54, 1.807) is 12.3 Å². The number of rotatable bonds is 4. The van der Waals surface area contributed by atoms with E-state index in [0.29, 0.717) is 5.82 Å². The van der Waals surface area contributed by atoms with Gasteiger partial charge in [-0.15, -0.1) is 0 Å². The number of anilines is 1. The molecule has 1 rings (SSSR count). The molecule has 0 bridgehead atoms. The monoisotopic (exact) mass is 206 g/mol. The Morgan fingerprint density at radius 1 is 1.60 bits per heavy atom. The standard InChI is InChI=1S/C9H10N4O2/c1-2-3-6-11-12-9-5-4-8(7-10-9)13(14)15/h2-7H,1H3,(H,10,12)/b3-2-,11-6-. The van der Waals surface area contributed by atoms with Gasteiger partial charge in [0, 0.05) is 12.3 Å². The van der Waals surface area contributed by atoms with Crippen molar-refractivity contribution in [3.63, 3.8) is 0 Å². The van der Waals surface area contributed by atoms with Crippen molar-refractivity contribution in [3.8, 4) is 0 Å². The van der Waals surface area contributed by atoms with Gasteiger partial charge in [-0.3, -0.25) is 15.5 Å². The first-order valence-electron chi connectivity index (χ1n) is 4.25. The summed E-state index contributed by atoms with van der Waals surface area (Å²) < 4.78 is 0. The molecule has 0 radical (unpaired) electrons. The molecule has 6 heteroatoms. The van der Waals surface area contributed by atoms with Crippen LogP contribution in [-0.4, -0.2) is 16.1 Å². The third-order valence-corrected chi connectivity index (χ3v) is 1.49. The molecular weight excluding hydrogens is 196 g/mol. The molecule has 0 aromatic carbocycles. The minimum absolute atomic E-state index is 0.0435. The van der Waals surface area contributed by atoms with Crippen LogP contribution in [0.4, 0.5) is 11.5 Å². The second kappa shape index (κ2) is 5.48. The Bertz CT molecular complexity index is 384. The second-order valence-corrected chi connectivity index (χ2v) is 2.57. The van der Waals surface area contributed by atoms with Crippen LogP contribution in [-0.2, 0) is 0 Å². The Labute approximate surface area is 86.5 Å². The topological polar surface area (TPSA) is 80.4 Å². The van der Waals surface area contributed by atoms with Gasteiger partial charge in [0.1, 0.15) is 12.0 Å². The van der Waals surface area contributed by atoms with Gasteiger partial charge >= 0.3 is 0 Å². The van der Waals surface area contributed by atoms with Gasteiger partial charge in [0.15, 0.2) is 0 Å². The number of pyridine rings is 1. The fourth-order valence-electron chi connectivity index (χ4n) is 0.793. The molecule has 78 valence electrons. The van der Waals surface area contributed by atoms with Gasteiger partial charge in [-0.05, 0) is 19.1 Å². The van der Waals surface area contributed by atoms with Crippen molar-refractivity contribution in [2.45, 2.75) is 6.92 Å². The predicted molar refractivity (Wildman–Crippen MR) is 57.8 cm³/mol. The molecule has 1 aromatic rings. The first kappa shape index (κ1) is 10.8. The lowest BCUT2D eigenvalue weighted by Gasteiger charge is -1.96. The normalized spacial score (nSPS) is 11.0. The first-order chi connectivity index (χ1) is 7.24. The molecule has 6 nitrogen and oxygen atoms in total. The van der Waals surface area contributed by atoms with E-state index in [1.165, 1.54) is 18.3 Å². The molecule has 0 unspecified atom stereocenters. The van der Waals surface area contributed by atoms with Gasteiger partial charge in [-0.1, -0.05) is 6.08 Å². The van der Waals surface area contributed by atoms with Crippen molar-refractivity contribution >= 4 is 17.7 Å². The fraction of sp³-hybridized carbons (Fsp3) is 0.111. The molecule has 1 heterocycles. The number of nitro groups is 1. The van der Waals surface area contributed by atoms with E-state index in [1.807, 2.05) is 13.0 Å². The molecule has 0 saturated heterocycles. The summed E-state index contributed by atoms with van der Waals surface area (Å²) in [4.78, 5) is 13.6. The number of allylic oxidation sites excluding steroid dienone is 2. The number of nitrogens with one attached hydrogen (secondary N) is 1. The summed E-state index contributed by atoms with van der Waals surface area (Å²) in [5.41, 5.74) is 2.59. The lowest BCUT2D eigenvalue weighted by molar-refractivity contribution is -0.385. The Kier molecular flexibility index (Phi) is 3.96. The van der Waals surface area contributed by atoms with E-state index >= 15 is 0 Å². The van der Waals surface area contributed by atoms with Crippen LogP contribution >= 0.6 is 0 Å². The van der Waals surface area contributed by atoms with Gasteiger partial charge in [0.25, 0.3) is 5.69 Å². The molecule has 0 amide bonds. The minimum atomic E-state index is -0.500. The van der Waals surface area contributed by atoms with Crippen LogP contribution in [0.5, 0.6) is 0 Å². The highest BCUT2D eigenvalue weighted by molar-refractivity contribution is 5.71. The van der Waals surface area contributed by atoms with Gasteiger partial charge in [-0.2, -0.15) is 5.10 Å². The summed E-state index contributed by atoms with van der Waals surface area (Å²) in [7, 11) is 0. The van der Waals surface area contributed by atoms with Gasteiger partial charge < -0.3 is 0 Å². The highest BCUT2D eigenvalue weighted by Gasteiger charge is 2.03. The zero-order valence-corrected chi connectivity index (χ0v) is 8.12. The summed E-state index contributed by atoms with van der Waals surface area (Å²) >= 11 is 0. The van der Waals surface area contributed by atoms with Crippen LogP contribution in [0.2, 0.25) is 0 Å². The molecule has 0 aliphatic heterocycles. The Balaban J connectivity index is 2.61. The van der Waals surface area contributed by atoms with E-state index < -0.39 is 4.92 Å². The summed E-state index contributed by atoms with van der Waals surface area (Å²) in [5, 5.41) is 14.1. The molecule has 0 spiro atoms. The molecule has 0 saturated carbocycles. The Morgan fingerprint density at radius 2 is 2.40 bits per heavy atom. The van der Waals surface area contributed by atoms with Crippen LogP contribution in [0.1, 0.15) is 6.92 Å². The zero-order valence-electron chi connectivity index (χ0n) is 8.12. The summed E-state index contributed by atoms with van der Waals surface area (Å²) in [6.45, 7) is 1.87. The van der Waals surface area contributed by atoms with Crippen molar-refractivity contribution in [3.05, 3.63) is 40.6 Å². The summed E-state index contributed by atoms with van der Waals surface area (Å²) in [5.74, 6) is 0.460. The average molecular weight is 206 g/mol. The maximum atomic E-state index is 10.3. The predicted octanol–water partition coefficient (Wildman–Crippen LogP) is 1.96. The van der Waals surface area contributed by atoms with Crippen molar-refractivity contribution < 1.29 is 4.92 Å². The number of hydrogen-bond acceptors (Lipinski definition) is 5. The van der Waals surface area contributed by atoms with Crippen molar-refractivity contribution in [2.24, 2.45) is 5.10 Å². The molecule has 0 aliphatic carbocycles. The van der Waals surface area contributed by atoms with E-state index in [2.05, 4.69) is 15.5 Å². The molecule has 0 fully saturated rings. The second-order valence-electron chi connectivity index (χ2n) is 2.57. The van der Waals surface area contributed by atoms with Crippen LogP contribution in [0.3, 0.4) is 0 Å². The minimum Gasteiger partial charge on any atom is -0.261 e. The molecule has 1 N–H and O–H groups in total. The SMILES string of the molecule is C/C=C\C=N/Nc1ccc([N+](=O)[O-])cn1. The number of nitrogens with zero attached hydrogens (tertiary/aromatic N) is 3. The van der Waals surface area contributed by atoms with E-state index in [9.17, 15) is 10.1 Å². The molecule has 0 atom stereocenters. The average Bonchev–Trinajstić information content (AvgIpc) is 2.25. The highest BCUT2D eigenvalue weighted by Crippen LogP contribution is 2.11. The quantitative estimate of drug-likeness (QED) is 0.464. The molecule has 15 heavy (non-hydrogen) atoms. The van der Waals surface area contributed by atoms with Crippen LogP contribution in [0.25, 0.3) is 0 Å². The molecule has 0 aliphatic rings. The number of aromatic nitrogens is 1. The van der Waals surface area contributed by atoms with Gasteiger partial charge in [-0.25, -0.2) is 4.98 Å².